The van der Waals surface area contributed by atoms with E-state index in [1.165, 1.54) is 16.7 Å². The van der Waals surface area contributed by atoms with Crippen molar-refractivity contribution >= 4 is 11.6 Å². The number of fused-ring (bicyclic) bond motifs is 1. The summed E-state index contributed by atoms with van der Waals surface area (Å²) in [6.45, 7) is 0. The lowest BCUT2D eigenvalue weighted by molar-refractivity contribution is 0.721. The van der Waals surface area contributed by atoms with E-state index in [2.05, 4.69) is 18.2 Å². The van der Waals surface area contributed by atoms with E-state index in [9.17, 15) is 0 Å². The van der Waals surface area contributed by atoms with Gasteiger partial charge in [-0.2, -0.15) is 0 Å². The fraction of sp³-hybridized carbons (Fsp3) is 0.455. The zero-order valence-electron chi connectivity index (χ0n) is 7.59. The minimum absolute atomic E-state index is 0.334. The normalized spacial score (nSPS) is 20.3. The molecule has 0 aliphatic heterocycles. The Bertz CT molecular complexity index is 309. The van der Waals surface area contributed by atoms with E-state index in [0.29, 0.717) is 11.9 Å². The molecule has 0 saturated carbocycles. The molecule has 0 heterocycles. The first-order valence-electron chi connectivity index (χ1n) is 4.72. The molecule has 1 nitrogen and oxygen atoms in total. The minimum Gasteiger partial charge on any atom is -0.327 e. The van der Waals surface area contributed by atoms with Gasteiger partial charge in [0.15, 0.2) is 0 Å². The van der Waals surface area contributed by atoms with Crippen molar-refractivity contribution in [1.82, 2.24) is 0 Å². The predicted molar refractivity (Wildman–Crippen MR) is 56.2 cm³/mol. The summed E-state index contributed by atoms with van der Waals surface area (Å²) in [6.07, 6.45) is 3.03. The maximum absolute atomic E-state index is 5.88. The van der Waals surface area contributed by atoms with Gasteiger partial charge in [0.1, 0.15) is 0 Å². The third-order valence-electron chi connectivity index (χ3n) is 2.62. The van der Waals surface area contributed by atoms with E-state index < -0.39 is 0 Å². The molecule has 0 bridgehead atoms. The molecule has 0 saturated heterocycles. The van der Waals surface area contributed by atoms with Gasteiger partial charge in [0, 0.05) is 11.9 Å². The van der Waals surface area contributed by atoms with Gasteiger partial charge in [0.05, 0.1) is 0 Å². The van der Waals surface area contributed by atoms with Gasteiger partial charge in [0.25, 0.3) is 0 Å². The third-order valence-corrected chi connectivity index (χ3v) is 2.81. The van der Waals surface area contributed by atoms with Gasteiger partial charge in [-0.15, -0.1) is 11.6 Å². The van der Waals surface area contributed by atoms with Crippen molar-refractivity contribution in [2.45, 2.75) is 25.3 Å². The first-order chi connectivity index (χ1) is 6.29. The average Bonchev–Trinajstić information content (AvgIpc) is 2.44. The molecule has 1 atom stereocenters. The summed E-state index contributed by atoms with van der Waals surface area (Å²) in [5, 5.41) is 0. The Labute approximate surface area is 83.9 Å². The monoisotopic (exact) mass is 195 g/mol. The van der Waals surface area contributed by atoms with Gasteiger partial charge in [-0.1, -0.05) is 18.2 Å². The van der Waals surface area contributed by atoms with Crippen molar-refractivity contribution < 1.29 is 0 Å². The Morgan fingerprint density at radius 1 is 1.31 bits per heavy atom. The smallest absolute Gasteiger partial charge is 0.0263 e. The van der Waals surface area contributed by atoms with Gasteiger partial charge < -0.3 is 5.73 Å². The van der Waals surface area contributed by atoms with Gasteiger partial charge in [-0.3, -0.25) is 0 Å². The van der Waals surface area contributed by atoms with E-state index in [0.717, 1.165) is 19.3 Å². The fourth-order valence-electron chi connectivity index (χ4n) is 1.97. The van der Waals surface area contributed by atoms with E-state index in [1.807, 2.05) is 0 Å². The van der Waals surface area contributed by atoms with Crippen LogP contribution in [0, 0.1) is 0 Å². The highest BCUT2D eigenvalue weighted by Crippen LogP contribution is 2.22. The van der Waals surface area contributed by atoms with Crippen LogP contribution in [0.15, 0.2) is 18.2 Å². The topological polar surface area (TPSA) is 26.0 Å². The van der Waals surface area contributed by atoms with Crippen molar-refractivity contribution in [3.05, 3.63) is 34.9 Å². The van der Waals surface area contributed by atoms with Crippen LogP contribution in [0.4, 0.5) is 0 Å². The second-order valence-corrected chi connectivity index (χ2v) is 4.09. The van der Waals surface area contributed by atoms with E-state index in [4.69, 9.17) is 17.3 Å². The van der Waals surface area contributed by atoms with Crippen LogP contribution in [0.2, 0.25) is 0 Å². The molecule has 0 aromatic heterocycles. The molecule has 1 aromatic rings. The van der Waals surface area contributed by atoms with Crippen LogP contribution in [-0.2, 0) is 19.3 Å². The van der Waals surface area contributed by atoms with Gasteiger partial charge in [-0.05, 0) is 36.0 Å². The first kappa shape index (κ1) is 9.04. The van der Waals surface area contributed by atoms with Crippen LogP contribution in [0.5, 0.6) is 0 Å². The molecule has 2 heteroatoms. The van der Waals surface area contributed by atoms with Crippen LogP contribution in [-0.4, -0.2) is 11.9 Å². The summed E-state index contributed by atoms with van der Waals surface area (Å²) in [6, 6.07) is 6.95. The van der Waals surface area contributed by atoms with Crippen LogP contribution in [0.25, 0.3) is 0 Å². The van der Waals surface area contributed by atoms with Gasteiger partial charge in [0.2, 0.25) is 0 Å². The lowest BCUT2D eigenvalue weighted by Crippen LogP contribution is -2.18. The van der Waals surface area contributed by atoms with E-state index >= 15 is 0 Å². The molecule has 13 heavy (non-hydrogen) atoms. The van der Waals surface area contributed by atoms with Crippen LogP contribution in [0.1, 0.15) is 16.7 Å². The number of hydrogen-bond donors (Lipinski definition) is 1. The van der Waals surface area contributed by atoms with Crippen molar-refractivity contribution in [3.63, 3.8) is 0 Å². The SMILES string of the molecule is N[C@@H]1Cc2ccc(CCCl)cc2C1. The molecule has 0 fully saturated rings. The van der Waals surface area contributed by atoms with E-state index in [1.54, 1.807) is 0 Å². The molecule has 2 rings (SSSR count). The lowest BCUT2D eigenvalue weighted by Gasteiger charge is -2.01. The fourth-order valence-corrected chi connectivity index (χ4v) is 2.19. The average molecular weight is 196 g/mol. The number of nitrogens with two attached hydrogens (primary N) is 1. The number of aryl methyl sites for hydroxylation is 1. The van der Waals surface area contributed by atoms with Crippen molar-refractivity contribution in [1.29, 1.82) is 0 Å². The highest BCUT2D eigenvalue weighted by atomic mass is 35.5. The molecule has 1 aromatic carbocycles. The predicted octanol–water partition coefficient (Wildman–Crippen LogP) is 1.89. The number of rotatable bonds is 2. The van der Waals surface area contributed by atoms with Crippen molar-refractivity contribution in [2.24, 2.45) is 5.73 Å². The number of alkyl halides is 1. The molecular weight excluding hydrogens is 182 g/mol. The maximum Gasteiger partial charge on any atom is 0.0263 e. The molecule has 0 amide bonds. The molecule has 0 spiro atoms. The van der Waals surface area contributed by atoms with Gasteiger partial charge >= 0.3 is 0 Å². The van der Waals surface area contributed by atoms with Crippen molar-refractivity contribution in [3.8, 4) is 0 Å². The third kappa shape index (κ3) is 1.87. The highest BCUT2D eigenvalue weighted by Gasteiger charge is 2.17. The standard InChI is InChI=1S/C11H14ClN/c12-4-3-8-1-2-9-6-11(13)7-10(9)5-8/h1-2,5,11H,3-4,6-7,13H2/t11-/m1/s1. The lowest BCUT2D eigenvalue weighted by atomic mass is 10.1. The van der Waals surface area contributed by atoms with E-state index in [-0.39, 0.29) is 0 Å². The molecule has 70 valence electrons. The molecule has 1 aliphatic rings. The molecule has 1 aliphatic carbocycles. The Morgan fingerprint density at radius 2 is 2.08 bits per heavy atom. The minimum atomic E-state index is 0.334. The summed E-state index contributed by atoms with van der Waals surface area (Å²) < 4.78 is 0. The van der Waals surface area contributed by atoms with Gasteiger partial charge in [-0.25, -0.2) is 0 Å². The summed E-state index contributed by atoms with van der Waals surface area (Å²) >= 11 is 5.69. The van der Waals surface area contributed by atoms with Crippen LogP contribution < -0.4 is 5.73 Å². The molecule has 0 radical (unpaired) electrons. The summed E-state index contributed by atoms with van der Waals surface area (Å²) in [5.74, 6) is 0.699. The quantitative estimate of drug-likeness (QED) is 0.717. The van der Waals surface area contributed by atoms with Crippen LogP contribution >= 0.6 is 11.6 Å². The Morgan fingerprint density at radius 3 is 2.85 bits per heavy atom. The number of benzene rings is 1. The Hall–Kier alpha value is -0.530. The molecular formula is C11H14ClN. The highest BCUT2D eigenvalue weighted by molar-refractivity contribution is 6.17. The number of halogens is 1. The maximum atomic E-state index is 5.88. The second-order valence-electron chi connectivity index (χ2n) is 3.71. The second kappa shape index (κ2) is 3.69. The Balaban J connectivity index is 2.24. The molecule has 2 N–H and O–H groups in total. The number of hydrogen-bond acceptors (Lipinski definition) is 1. The summed E-state index contributed by atoms with van der Waals surface area (Å²) in [7, 11) is 0. The summed E-state index contributed by atoms with van der Waals surface area (Å²) in [4.78, 5) is 0. The zero-order chi connectivity index (χ0) is 9.26. The first-order valence-corrected chi connectivity index (χ1v) is 5.25. The zero-order valence-corrected chi connectivity index (χ0v) is 8.35. The summed E-state index contributed by atoms with van der Waals surface area (Å²) in [5.41, 5.74) is 10.1. The van der Waals surface area contributed by atoms with Crippen molar-refractivity contribution in [2.75, 3.05) is 5.88 Å². The Kier molecular flexibility index (Phi) is 2.56. The molecule has 0 unspecified atom stereocenters. The largest absolute Gasteiger partial charge is 0.327 e. The van der Waals surface area contributed by atoms with Crippen LogP contribution in [0.3, 0.4) is 0 Å².